The van der Waals surface area contributed by atoms with Gasteiger partial charge in [0.25, 0.3) is 5.91 Å². The lowest BCUT2D eigenvalue weighted by molar-refractivity contribution is -0.147. The second kappa shape index (κ2) is 5.36. The van der Waals surface area contributed by atoms with Crippen molar-refractivity contribution < 1.29 is 19.8 Å². The Morgan fingerprint density at radius 1 is 1.42 bits per heavy atom. The molecule has 0 radical (unpaired) electrons. The second-order valence-electron chi connectivity index (χ2n) is 2.23. The molecule has 0 rings (SSSR count). The van der Waals surface area contributed by atoms with Crippen LogP contribution in [-0.2, 0) is 9.59 Å². The van der Waals surface area contributed by atoms with Crippen molar-refractivity contribution >= 4 is 11.9 Å². The van der Waals surface area contributed by atoms with Crippen molar-refractivity contribution in [3.8, 4) is 0 Å². The molecule has 0 heterocycles. The standard InChI is InChI=1S/C6H9NO5/c8-4(6(10)11)2-1-3-5(9)7-12/h4,8H,1-3H2,(H,10,11). The lowest BCUT2D eigenvalue weighted by Gasteiger charge is -2.01. The Morgan fingerprint density at radius 2 is 2.00 bits per heavy atom. The number of nitroso groups, excluding NO2 is 1. The number of hydrogen-bond donors (Lipinski definition) is 2. The predicted molar refractivity (Wildman–Crippen MR) is 38.3 cm³/mol. The first-order chi connectivity index (χ1) is 5.57. The summed E-state index contributed by atoms with van der Waals surface area (Å²) < 4.78 is 0. The van der Waals surface area contributed by atoms with Gasteiger partial charge in [0.2, 0.25) is 0 Å². The number of carboxylic acids is 1. The van der Waals surface area contributed by atoms with E-state index in [1.807, 2.05) is 0 Å². The normalized spacial score (nSPS) is 12.1. The van der Waals surface area contributed by atoms with Gasteiger partial charge in [0.15, 0.2) is 6.10 Å². The molecule has 0 aromatic carbocycles. The van der Waals surface area contributed by atoms with Crippen LogP contribution in [0.25, 0.3) is 0 Å². The molecule has 6 nitrogen and oxygen atoms in total. The van der Waals surface area contributed by atoms with E-state index in [1.165, 1.54) is 0 Å². The zero-order valence-electron chi connectivity index (χ0n) is 6.27. The van der Waals surface area contributed by atoms with Crippen molar-refractivity contribution in [1.29, 1.82) is 0 Å². The van der Waals surface area contributed by atoms with Crippen molar-refractivity contribution in [3.05, 3.63) is 4.91 Å². The summed E-state index contributed by atoms with van der Waals surface area (Å²) in [5.74, 6) is -2.16. The first-order valence-corrected chi connectivity index (χ1v) is 3.35. The lowest BCUT2D eigenvalue weighted by Crippen LogP contribution is -2.19. The summed E-state index contributed by atoms with van der Waals surface area (Å²) in [5.41, 5.74) is 0. The van der Waals surface area contributed by atoms with Gasteiger partial charge in [0.1, 0.15) is 0 Å². The Hall–Kier alpha value is -1.30. The van der Waals surface area contributed by atoms with Crippen LogP contribution >= 0.6 is 0 Å². The monoisotopic (exact) mass is 175 g/mol. The number of amides is 1. The maximum atomic E-state index is 10.3. The van der Waals surface area contributed by atoms with Crippen LogP contribution in [-0.4, -0.2) is 28.2 Å². The van der Waals surface area contributed by atoms with Crippen LogP contribution < -0.4 is 0 Å². The average molecular weight is 175 g/mol. The van der Waals surface area contributed by atoms with Gasteiger partial charge in [-0.15, -0.1) is 4.91 Å². The quantitative estimate of drug-likeness (QED) is 0.567. The fourth-order valence-electron chi connectivity index (χ4n) is 0.616. The van der Waals surface area contributed by atoms with Gasteiger partial charge in [0, 0.05) is 11.6 Å². The van der Waals surface area contributed by atoms with Crippen LogP contribution in [0.15, 0.2) is 5.18 Å². The van der Waals surface area contributed by atoms with E-state index in [0.717, 1.165) is 0 Å². The summed E-state index contributed by atoms with van der Waals surface area (Å²) in [7, 11) is 0. The van der Waals surface area contributed by atoms with Gasteiger partial charge in [-0.25, -0.2) is 4.79 Å². The van der Waals surface area contributed by atoms with Crippen molar-refractivity contribution in [2.45, 2.75) is 25.4 Å². The van der Waals surface area contributed by atoms with E-state index in [1.54, 1.807) is 0 Å². The minimum absolute atomic E-state index is 0.0450. The maximum Gasteiger partial charge on any atom is 0.332 e. The lowest BCUT2D eigenvalue weighted by atomic mass is 10.1. The van der Waals surface area contributed by atoms with Crippen molar-refractivity contribution in [2.24, 2.45) is 5.18 Å². The number of aliphatic hydroxyl groups excluding tert-OH is 1. The zero-order chi connectivity index (χ0) is 9.56. The van der Waals surface area contributed by atoms with Crippen LogP contribution in [0.3, 0.4) is 0 Å². The van der Waals surface area contributed by atoms with Gasteiger partial charge in [0.05, 0.1) is 0 Å². The van der Waals surface area contributed by atoms with Crippen molar-refractivity contribution in [2.75, 3.05) is 0 Å². The predicted octanol–water partition coefficient (Wildman–Crippen LogP) is -0.105. The highest BCUT2D eigenvalue weighted by Gasteiger charge is 2.13. The van der Waals surface area contributed by atoms with Crippen molar-refractivity contribution in [3.63, 3.8) is 0 Å². The highest BCUT2D eigenvalue weighted by atomic mass is 16.4. The number of rotatable bonds is 5. The summed E-state index contributed by atoms with van der Waals surface area (Å²) in [5, 5.41) is 19.0. The molecule has 1 atom stereocenters. The number of carbonyl (C=O) groups is 2. The molecule has 0 spiro atoms. The molecule has 12 heavy (non-hydrogen) atoms. The molecule has 1 unspecified atom stereocenters. The molecule has 0 aliphatic rings. The number of hydrogen-bond acceptors (Lipinski definition) is 4. The van der Waals surface area contributed by atoms with Crippen LogP contribution in [0.1, 0.15) is 19.3 Å². The van der Waals surface area contributed by atoms with Crippen LogP contribution in [0, 0.1) is 4.91 Å². The molecule has 6 heteroatoms. The molecular formula is C6H9NO5. The SMILES string of the molecule is O=NC(=O)CCCC(O)C(=O)O. The summed E-state index contributed by atoms with van der Waals surface area (Å²) >= 11 is 0. The molecule has 0 aliphatic carbocycles. The van der Waals surface area contributed by atoms with E-state index in [9.17, 15) is 14.5 Å². The van der Waals surface area contributed by atoms with Gasteiger partial charge in [-0.1, -0.05) is 0 Å². The van der Waals surface area contributed by atoms with E-state index in [-0.39, 0.29) is 19.3 Å². The average Bonchev–Trinajstić information content (AvgIpc) is 2.03. The van der Waals surface area contributed by atoms with E-state index < -0.39 is 18.0 Å². The smallest absolute Gasteiger partial charge is 0.332 e. The third-order valence-corrected chi connectivity index (χ3v) is 1.26. The van der Waals surface area contributed by atoms with E-state index in [4.69, 9.17) is 10.2 Å². The Morgan fingerprint density at radius 3 is 2.42 bits per heavy atom. The first-order valence-electron chi connectivity index (χ1n) is 3.35. The fourth-order valence-corrected chi connectivity index (χ4v) is 0.616. The van der Waals surface area contributed by atoms with Crippen LogP contribution in [0.4, 0.5) is 0 Å². The summed E-state index contributed by atoms with van der Waals surface area (Å²) in [6, 6.07) is 0. The largest absolute Gasteiger partial charge is 0.479 e. The Kier molecular flexibility index (Phi) is 4.78. The maximum absolute atomic E-state index is 10.3. The molecule has 1 amide bonds. The highest BCUT2D eigenvalue weighted by molar-refractivity contribution is 5.76. The van der Waals surface area contributed by atoms with Gasteiger partial charge >= 0.3 is 5.97 Å². The molecule has 0 fully saturated rings. The van der Waals surface area contributed by atoms with Gasteiger partial charge in [-0.2, -0.15) is 0 Å². The third kappa shape index (κ3) is 4.51. The number of carbonyl (C=O) groups excluding carboxylic acids is 1. The van der Waals surface area contributed by atoms with E-state index in [2.05, 4.69) is 5.18 Å². The molecule has 0 saturated heterocycles. The Balaban J connectivity index is 3.49. The summed E-state index contributed by atoms with van der Waals surface area (Å²) in [6.07, 6.45) is -1.48. The molecule has 0 aromatic heterocycles. The Bertz CT molecular complexity index is 190. The second-order valence-corrected chi connectivity index (χ2v) is 2.23. The van der Waals surface area contributed by atoms with Crippen LogP contribution in [0.5, 0.6) is 0 Å². The zero-order valence-corrected chi connectivity index (χ0v) is 6.27. The molecular weight excluding hydrogens is 166 g/mol. The van der Waals surface area contributed by atoms with Crippen molar-refractivity contribution in [1.82, 2.24) is 0 Å². The molecule has 0 saturated carbocycles. The number of aliphatic hydroxyl groups is 1. The molecule has 0 bridgehead atoms. The summed E-state index contributed by atoms with van der Waals surface area (Å²) in [4.78, 5) is 29.8. The first kappa shape index (κ1) is 10.7. The fraction of sp³-hybridized carbons (Fsp3) is 0.667. The van der Waals surface area contributed by atoms with Gasteiger partial charge in [-0.05, 0) is 12.8 Å². The number of carboxylic acid groups (broad SMARTS) is 1. The topological polar surface area (TPSA) is 104 Å². The van der Waals surface area contributed by atoms with E-state index >= 15 is 0 Å². The number of nitrogens with zero attached hydrogens (tertiary/aromatic N) is 1. The third-order valence-electron chi connectivity index (χ3n) is 1.26. The minimum Gasteiger partial charge on any atom is -0.479 e. The van der Waals surface area contributed by atoms with E-state index in [0.29, 0.717) is 0 Å². The van der Waals surface area contributed by atoms with Gasteiger partial charge < -0.3 is 10.2 Å². The molecule has 0 aromatic rings. The van der Waals surface area contributed by atoms with Gasteiger partial charge in [-0.3, -0.25) is 4.79 Å². The summed E-state index contributed by atoms with van der Waals surface area (Å²) in [6.45, 7) is 0. The highest BCUT2D eigenvalue weighted by Crippen LogP contribution is 2.01. The molecule has 68 valence electrons. The molecule has 2 N–H and O–H groups in total. The molecule has 0 aliphatic heterocycles. The Labute approximate surface area is 68.2 Å². The van der Waals surface area contributed by atoms with Crippen LogP contribution in [0.2, 0.25) is 0 Å². The number of aliphatic carboxylic acids is 1. The minimum atomic E-state index is -1.47.